The zero-order chi connectivity index (χ0) is 36.1. The quantitative estimate of drug-likeness (QED) is 0.148. The Kier molecular flexibility index (Phi) is 14.5. The minimum atomic E-state index is -0.960. The van der Waals surface area contributed by atoms with E-state index < -0.39 is 35.5 Å². The smallest absolute Gasteiger partial charge is 0.246 e. The molecule has 0 aliphatic heterocycles. The number of unbranched alkanes of at least 4 members (excludes halogenated alkanes) is 1. The zero-order valence-corrected chi connectivity index (χ0v) is 29.9. The van der Waals surface area contributed by atoms with Crippen LogP contribution in [0, 0.1) is 0 Å². The Morgan fingerprint density at radius 3 is 2.04 bits per heavy atom. The van der Waals surface area contributed by atoms with Crippen molar-refractivity contribution in [2.24, 2.45) is 11.5 Å². The van der Waals surface area contributed by atoms with Gasteiger partial charge in [-0.3, -0.25) is 19.2 Å². The van der Waals surface area contributed by atoms with Crippen LogP contribution in [-0.4, -0.2) is 96.7 Å². The molecule has 0 fully saturated rings. The first-order chi connectivity index (χ1) is 23.2. The van der Waals surface area contributed by atoms with Crippen LogP contribution in [0.5, 0.6) is 0 Å². The number of nitrogens with zero attached hydrogens (tertiary/aromatic N) is 3. The number of hydrogen-bond acceptors (Lipinski definition) is 6. The van der Waals surface area contributed by atoms with Gasteiger partial charge >= 0.3 is 0 Å². The summed E-state index contributed by atoms with van der Waals surface area (Å²) in [5.41, 5.74) is 13.0. The molecule has 0 aliphatic carbocycles. The van der Waals surface area contributed by atoms with Gasteiger partial charge in [0.25, 0.3) is 0 Å². The Labute approximate surface area is 291 Å². The first-order valence-electron chi connectivity index (χ1n) is 16.9. The third kappa shape index (κ3) is 11.8. The first-order valence-corrected chi connectivity index (χ1v) is 16.9. The molecule has 3 rings (SSSR count). The van der Waals surface area contributed by atoms with Crippen molar-refractivity contribution < 1.29 is 19.2 Å². The molecule has 3 atom stereocenters. The molecule has 3 aromatic carbocycles. The van der Waals surface area contributed by atoms with Gasteiger partial charge in [0.2, 0.25) is 23.6 Å². The lowest BCUT2D eigenvalue weighted by molar-refractivity contribution is -0.146. The topological polar surface area (TPSA) is 142 Å². The maximum absolute atomic E-state index is 14.6. The maximum atomic E-state index is 14.6. The lowest BCUT2D eigenvalue weighted by atomic mass is 9.98. The summed E-state index contributed by atoms with van der Waals surface area (Å²) in [6.45, 7) is 4.23. The molecule has 4 amide bonds. The number of amides is 4. The Bertz CT molecular complexity index is 1580. The van der Waals surface area contributed by atoms with E-state index in [1.165, 1.54) is 20.8 Å². The van der Waals surface area contributed by atoms with E-state index in [1.54, 1.807) is 34.3 Å². The summed E-state index contributed by atoms with van der Waals surface area (Å²) in [7, 11) is 6.49. The largest absolute Gasteiger partial charge is 0.347 e. The number of nitrogens with one attached hydrogen (secondary N) is 1. The number of carbonyl (C=O) groups is 4. The van der Waals surface area contributed by atoms with Crippen molar-refractivity contribution in [3.63, 3.8) is 0 Å². The van der Waals surface area contributed by atoms with E-state index in [1.807, 2.05) is 86.6 Å². The van der Waals surface area contributed by atoms with Crippen molar-refractivity contribution in [2.75, 3.05) is 34.7 Å². The second-order valence-electron chi connectivity index (χ2n) is 13.7. The summed E-state index contributed by atoms with van der Waals surface area (Å²) in [4.78, 5) is 59.6. The average molecular weight is 671 g/mol. The molecule has 0 saturated carbocycles. The molecule has 0 unspecified atom stereocenters. The minimum Gasteiger partial charge on any atom is -0.347 e. The van der Waals surface area contributed by atoms with Crippen LogP contribution in [0.1, 0.15) is 50.7 Å². The average Bonchev–Trinajstić information content (AvgIpc) is 3.07. The van der Waals surface area contributed by atoms with Crippen LogP contribution in [0.2, 0.25) is 0 Å². The highest BCUT2D eigenvalue weighted by molar-refractivity contribution is 5.96. The molecule has 0 aromatic heterocycles. The van der Waals surface area contributed by atoms with E-state index in [0.717, 1.165) is 21.9 Å². The van der Waals surface area contributed by atoms with Gasteiger partial charge in [0.05, 0.1) is 0 Å². The fourth-order valence-corrected chi connectivity index (χ4v) is 5.67. The van der Waals surface area contributed by atoms with E-state index in [4.69, 9.17) is 11.5 Å². The molecule has 0 heterocycles. The molecule has 49 heavy (non-hydrogen) atoms. The molecule has 264 valence electrons. The highest BCUT2D eigenvalue weighted by Crippen LogP contribution is 2.20. The molecule has 5 N–H and O–H groups in total. The van der Waals surface area contributed by atoms with Crippen LogP contribution in [0.25, 0.3) is 10.8 Å². The van der Waals surface area contributed by atoms with E-state index in [0.29, 0.717) is 32.2 Å². The van der Waals surface area contributed by atoms with Crippen LogP contribution < -0.4 is 16.8 Å². The highest BCUT2D eigenvalue weighted by atomic mass is 16.2. The summed E-state index contributed by atoms with van der Waals surface area (Å²) in [6.07, 6.45) is 5.89. The summed E-state index contributed by atoms with van der Waals surface area (Å²) >= 11 is 0. The van der Waals surface area contributed by atoms with Gasteiger partial charge in [0, 0.05) is 46.6 Å². The third-order valence-corrected chi connectivity index (χ3v) is 8.64. The van der Waals surface area contributed by atoms with Crippen molar-refractivity contribution in [2.45, 2.75) is 76.0 Å². The van der Waals surface area contributed by atoms with Gasteiger partial charge < -0.3 is 31.5 Å². The Morgan fingerprint density at radius 1 is 0.776 bits per heavy atom. The van der Waals surface area contributed by atoms with Crippen LogP contribution in [-0.2, 0) is 32.0 Å². The lowest BCUT2D eigenvalue weighted by Crippen LogP contribution is -2.58. The monoisotopic (exact) mass is 670 g/mol. The van der Waals surface area contributed by atoms with Gasteiger partial charge in [-0.25, -0.2) is 0 Å². The highest BCUT2D eigenvalue weighted by Gasteiger charge is 2.36. The number of nitrogens with two attached hydrogens (primary N) is 2. The van der Waals surface area contributed by atoms with Crippen molar-refractivity contribution >= 4 is 34.4 Å². The van der Waals surface area contributed by atoms with Crippen LogP contribution in [0.3, 0.4) is 0 Å². The van der Waals surface area contributed by atoms with Gasteiger partial charge in [-0.05, 0) is 74.1 Å². The molecule has 10 nitrogen and oxygen atoms in total. The molecular weight excluding hydrogens is 616 g/mol. The lowest BCUT2D eigenvalue weighted by Gasteiger charge is -2.35. The first kappa shape index (κ1) is 38.9. The number of fused-ring (bicyclic) bond motifs is 1. The van der Waals surface area contributed by atoms with E-state index >= 15 is 0 Å². The SMILES string of the molecule is CN(C)C(=O)[C@H](CCCCN)NC(=O)[C@@H](Cc1ccccc1)N(C)C(=O)[C@@H](Cc1ccc2ccccc2c1)N(C)C(=O)C=CCC(C)(C)N. The van der Waals surface area contributed by atoms with E-state index in [9.17, 15) is 19.2 Å². The second kappa shape index (κ2) is 18.3. The molecule has 3 aromatic rings. The molecular formula is C39H54N6O4. The number of hydrogen-bond donors (Lipinski definition) is 3. The number of rotatable bonds is 17. The minimum absolute atomic E-state index is 0.215. The standard InChI is InChI=1S/C39H54N6O4/c1-39(2,41)23-14-20-35(46)44(5)34(27-29-21-22-30-17-10-11-18-31(30)25-29)38(49)45(6)33(26-28-15-8-7-9-16-28)36(47)42-32(19-12-13-24-40)37(48)43(3)4/h7-11,14-18,20-22,25,32-34H,12-13,19,23-24,26-27,40-41H2,1-6H3,(H,42,47)/t32-,33+,34+/m0/s1. The van der Waals surface area contributed by atoms with Crippen molar-refractivity contribution in [1.29, 1.82) is 0 Å². The Balaban J connectivity index is 2.00. The fraction of sp³-hybridized carbons (Fsp3) is 0.436. The van der Waals surface area contributed by atoms with E-state index in [2.05, 4.69) is 5.32 Å². The molecule has 0 radical (unpaired) electrons. The molecule has 0 bridgehead atoms. The number of likely N-dealkylation sites (N-methyl/N-ethyl adjacent to an activating group) is 3. The maximum Gasteiger partial charge on any atom is 0.246 e. The summed E-state index contributed by atoms with van der Waals surface area (Å²) < 4.78 is 0. The Hall–Kier alpha value is -4.54. The van der Waals surface area contributed by atoms with Gasteiger partial charge in [-0.15, -0.1) is 0 Å². The molecule has 0 saturated heterocycles. The summed E-state index contributed by atoms with van der Waals surface area (Å²) in [6, 6.07) is 20.7. The summed E-state index contributed by atoms with van der Waals surface area (Å²) in [5, 5.41) is 5.03. The van der Waals surface area contributed by atoms with Gasteiger partial charge in [0.15, 0.2) is 0 Å². The van der Waals surface area contributed by atoms with Crippen LogP contribution in [0.15, 0.2) is 84.9 Å². The second-order valence-corrected chi connectivity index (χ2v) is 13.7. The molecule has 0 aliphatic rings. The van der Waals surface area contributed by atoms with Crippen molar-refractivity contribution in [3.05, 3.63) is 96.1 Å². The number of carbonyl (C=O) groups excluding carboxylic acids is 4. The van der Waals surface area contributed by atoms with E-state index in [-0.39, 0.29) is 24.7 Å². The zero-order valence-electron chi connectivity index (χ0n) is 29.9. The van der Waals surface area contributed by atoms with Crippen molar-refractivity contribution in [1.82, 2.24) is 20.0 Å². The fourth-order valence-electron chi connectivity index (χ4n) is 5.67. The van der Waals surface area contributed by atoms with Crippen molar-refractivity contribution in [3.8, 4) is 0 Å². The number of benzene rings is 3. The van der Waals surface area contributed by atoms with Gasteiger partial charge in [0.1, 0.15) is 18.1 Å². The predicted octanol–water partition coefficient (Wildman–Crippen LogP) is 3.66. The van der Waals surface area contributed by atoms with Gasteiger partial charge in [-0.2, -0.15) is 0 Å². The molecule has 10 heteroatoms. The normalized spacial score (nSPS) is 13.5. The van der Waals surface area contributed by atoms with Crippen LogP contribution in [0.4, 0.5) is 0 Å². The Morgan fingerprint density at radius 2 is 1.41 bits per heavy atom. The van der Waals surface area contributed by atoms with Gasteiger partial charge in [-0.1, -0.05) is 78.9 Å². The van der Waals surface area contributed by atoms with Crippen LogP contribution >= 0.6 is 0 Å². The predicted molar refractivity (Wildman–Crippen MR) is 196 cm³/mol. The summed E-state index contributed by atoms with van der Waals surface area (Å²) in [5.74, 6) is -1.43. The molecule has 0 spiro atoms. The third-order valence-electron chi connectivity index (χ3n) is 8.64.